The van der Waals surface area contributed by atoms with E-state index in [0.717, 1.165) is 22.5 Å². The molecule has 4 rings (SSSR count). The van der Waals surface area contributed by atoms with Gasteiger partial charge in [0.2, 0.25) is 0 Å². The predicted octanol–water partition coefficient (Wildman–Crippen LogP) is 3.73. The average Bonchev–Trinajstić information content (AvgIpc) is 3.08. The standard InChI is InChI=1S/C17H13N4.C5H8O2.Ir/c1-2-8-14(9-3-1)20-16-11-5-4-10-15(16)19-21(20)17-12-6-7-13-18-17;1-4(6)3-5(2)7;/h1-13H;3,6H,1-2H3;/q+1;;/b;4-3-;. The quantitative estimate of drug-likeness (QED) is 0.234. The molecule has 0 saturated heterocycles. The Kier molecular flexibility index (Phi) is 7.95. The number of hydrogen-bond donors (Lipinski definition) is 1. The Morgan fingerprint density at radius 1 is 0.966 bits per heavy atom. The first-order valence-corrected chi connectivity index (χ1v) is 8.81. The molecule has 2 aromatic heterocycles. The van der Waals surface area contributed by atoms with E-state index >= 15 is 0 Å². The number of ketones is 1. The fourth-order valence-electron chi connectivity index (χ4n) is 2.71. The van der Waals surface area contributed by atoms with Gasteiger partial charge in [-0.25, -0.2) is 0 Å². The second kappa shape index (κ2) is 10.4. The van der Waals surface area contributed by atoms with Gasteiger partial charge in [0.1, 0.15) is 17.2 Å². The number of pyridine rings is 1. The number of aromatic nitrogens is 4. The number of aliphatic hydroxyl groups excluding tert-OH is 1. The van der Waals surface area contributed by atoms with Crippen molar-refractivity contribution in [2.75, 3.05) is 0 Å². The minimum absolute atomic E-state index is 0. The van der Waals surface area contributed by atoms with Crippen LogP contribution in [0.3, 0.4) is 0 Å². The molecular weight excluding hydrogens is 544 g/mol. The van der Waals surface area contributed by atoms with Gasteiger partial charge in [-0.3, -0.25) is 4.79 Å². The van der Waals surface area contributed by atoms with Gasteiger partial charge in [0.15, 0.2) is 5.78 Å². The molecule has 0 unspecified atom stereocenters. The van der Waals surface area contributed by atoms with Crippen molar-refractivity contribution >= 4 is 16.8 Å². The first-order chi connectivity index (χ1) is 13.6. The van der Waals surface area contributed by atoms with Crippen LogP contribution in [0.2, 0.25) is 0 Å². The Hall–Kier alpha value is -3.15. The first kappa shape index (κ1) is 22.1. The van der Waals surface area contributed by atoms with Gasteiger partial charge in [-0.15, -0.1) is 0 Å². The molecule has 7 heteroatoms. The van der Waals surface area contributed by atoms with Crippen molar-refractivity contribution in [3.8, 4) is 11.5 Å². The third kappa shape index (κ3) is 5.67. The average molecular weight is 566 g/mol. The van der Waals surface area contributed by atoms with E-state index in [1.165, 1.54) is 19.9 Å². The molecule has 0 aliphatic carbocycles. The van der Waals surface area contributed by atoms with Crippen molar-refractivity contribution in [1.29, 1.82) is 0 Å². The third-order valence-corrected chi connectivity index (χ3v) is 3.77. The predicted molar refractivity (Wildman–Crippen MR) is 107 cm³/mol. The van der Waals surface area contributed by atoms with Crippen LogP contribution in [-0.2, 0) is 24.9 Å². The van der Waals surface area contributed by atoms with Gasteiger partial charge in [0.25, 0.3) is 0 Å². The van der Waals surface area contributed by atoms with Crippen LogP contribution < -0.4 is 4.80 Å². The summed E-state index contributed by atoms with van der Waals surface area (Å²) in [6.45, 7) is 2.85. The van der Waals surface area contributed by atoms with Gasteiger partial charge in [0, 0.05) is 32.2 Å². The zero-order valence-electron chi connectivity index (χ0n) is 16.1. The zero-order chi connectivity index (χ0) is 19.9. The van der Waals surface area contributed by atoms with Crippen molar-refractivity contribution < 1.29 is 34.8 Å². The number of carbonyl (C=O) groups is 1. The van der Waals surface area contributed by atoms with Crippen LogP contribution in [0.1, 0.15) is 13.8 Å². The zero-order valence-corrected chi connectivity index (χ0v) is 18.5. The molecule has 0 fully saturated rings. The molecule has 0 aliphatic rings. The van der Waals surface area contributed by atoms with Crippen molar-refractivity contribution in [2.45, 2.75) is 13.8 Å². The Bertz CT molecular complexity index is 1110. The van der Waals surface area contributed by atoms with Crippen LogP contribution >= 0.6 is 0 Å². The summed E-state index contributed by atoms with van der Waals surface area (Å²) in [4.78, 5) is 16.3. The molecule has 0 saturated carbocycles. The van der Waals surface area contributed by atoms with Crippen LogP contribution in [0, 0.1) is 0 Å². The SMILES string of the molecule is CC(=O)/C=C(/C)O.[Ir].c1ccc(-n2c3ccccc3n[n+]2-c2ccccn2)cc1. The number of aliphatic hydroxyl groups is 1. The molecule has 29 heavy (non-hydrogen) atoms. The fourth-order valence-corrected chi connectivity index (χ4v) is 2.71. The molecule has 4 aromatic rings. The summed E-state index contributed by atoms with van der Waals surface area (Å²) in [5.74, 6) is 0.727. The summed E-state index contributed by atoms with van der Waals surface area (Å²) in [5.41, 5.74) is 3.04. The van der Waals surface area contributed by atoms with Gasteiger partial charge in [-0.2, -0.15) is 4.68 Å². The number of fused-ring (bicyclic) bond motifs is 1. The van der Waals surface area contributed by atoms with Crippen LogP contribution in [0.25, 0.3) is 22.5 Å². The summed E-state index contributed by atoms with van der Waals surface area (Å²) in [6, 6.07) is 24.1. The van der Waals surface area contributed by atoms with Crippen LogP contribution in [0.5, 0.6) is 0 Å². The van der Waals surface area contributed by atoms with E-state index in [-0.39, 0.29) is 31.6 Å². The third-order valence-electron chi connectivity index (χ3n) is 3.77. The summed E-state index contributed by atoms with van der Waals surface area (Å²) < 4.78 is 2.07. The van der Waals surface area contributed by atoms with Crippen LogP contribution in [0.15, 0.2) is 90.8 Å². The van der Waals surface area contributed by atoms with E-state index in [1.54, 1.807) is 6.20 Å². The van der Waals surface area contributed by atoms with Crippen LogP contribution in [-0.4, -0.2) is 25.7 Å². The smallest absolute Gasteiger partial charge is 0.368 e. The molecule has 149 valence electrons. The van der Waals surface area contributed by atoms with Crippen molar-refractivity contribution in [1.82, 2.24) is 14.8 Å². The molecule has 0 amide bonds. The molecular formula is C22H21IrN4O2+. The summed E-state index contributed by atoms with van der Waals surface area (Å²) in [7, 11) is 0. The topological polar surface area (TPSA) is 71.9 Å². The Balaban J connectivity index is 0.000000327. The fraction of sp³-hybridized carbons (Fsp3) is 0.0909. The van der Waals surface area contributed by atoms with Crippen LogP contribution in [0.4, 0.5) is 0 Å². The number of nitrogens with zero attached hydrogens (tertiary/aromatic N) is 4. The Morgan fingerprint density at radius 3 is 2.21 bits per heavy atom. The number of benzene rings is 2. The van der Waals surface area contributed by atoms with Gasteiger partial charge < -0.3 is 5.11 Å². The van der Waals surface area contributed by atoms with Crippen molar-refractivity contribution in [3.63, 3.8) is 0 Å². The molecule has 2 aromatic carbocycles. The minimum atomic E-state index is -0.125. The Morgan fingerprint density at radius 2 is 1.62 bits per heavy atom. The van der Waals surface area contributed by atoms with Crippen molar-refractivity contribution in [2.24, 2.45) is 0 Å². The van der Waals surface area contributed by atoms with Gasteiger partial charge in [0.05, 0.1) is 11.4 Å². The summed E-state index contributed by atoms with van der Waals surface area (Å²) in [6.07, 6.45) is 2.94. The summed E-state index contributed by atoms with van der Waals surface area (Å²) >= 11 is 0. The molecule has 1 radical (unpaired) electrons. The van der Waals surface area contributed by atoms with E-state index in [2.05, 4.69) is 33.0 Å². The molecule has 0 atom stereocenters. The van der Waals surface area contributed by atoms with Gasteiger partial charge in [-0.05, 0) is 54.0 Å². The molecule has 0 aliphatic heterocycles. The molecule has 0 spiro atoms. The first-order valence-electron chi connectivity index (χ1n) is 8.81. The minimum Gasteiger partial charge on any atom is -0.512 e. The maximum absolute atomic E-state index is 10.0. The largest absolute Gasteiger partial charge is 0.512 e. The number of allylic oxidation sites excluding steroid dienone is 2. The van der Waals surface area contributed by atoms with Crippen molar-refractivity contribution in [3.05, 3.63) is 90.8 Å². The number of hydrogen-bond acceptors (Lipinski definition) is 4. The van der Waals surface area contributed by atoms with Gasteiger partial charge in [-0.1, -0.05) is 41.5 Å². The van der Waals surface area contributed by atoms with Gasteiger partial charge >= 0.3 is 5.82 Å². The second-order valence-electron chi connectivity index (χ2n) is 6.11. The number of carbonyl (C=O) groups excluding carboxylic acids is 1. The van der Waals surface area contributed by atoms with E-state index in [0.29, 0.717) is 0 Å². The van der Waals surface area contributed by atoms with E-state index in [4.69, 9.17) is 5.11 Å². The second-order valence-corrected chi connectivity index (χ2v) is 6.11. The molecule has 2 heterocycles. The van der Waals surface area contributed by atoms with E-state index in [1.807, 2.05) is 59.4 Å². The Labute approximate surface area is 182 Å². The maximum Gasteiger partial charge on any atom is 0.368 e. The van der Waals surface area contributed by atoms with E-state index < -0.39 is 0 Å². The summed E-state index contributed by atoms with van der Waals surface area (Å²) in [5, 5.41) is 13.0. The maximum atomic E-state index is 10.0. The molecule has 0 bridgehead atoms. The normalized spacial score (nSPS) is 10.6. The molecule has 1 N–H and O–H groups in total. The van der Waals surface area contributed by atoms with E-state index in [9.17, 15) is 4.79 Å². The number of para-hydroxylation sites is 2. The molecule has 6 nitrogen and oxygen atoms in total. The monoisotopic (exact) mass is 566 g/mol. The number of rotatable bonds is 3.